The molecule has 1 aromatic rings. The molecule has 0 saturated carbocycles. The zero-order valence-corrected chi connectivity index (χ0v) is 19.2. The Kier molecular flexibility index (Phi) is 5.66. The summed E-state index contributed by atoms with van der Waals surface area (Å²) in [5, 5.41) is 0. The Hall–Kier alpha value is -1.78. The summed E-state index contributed by atoms with van der Waals surface area (Å²) in [6.45, 7) is 16.1. The fraction of sp³-hybridized carbons (Fsp3) is 0.667. The lowest BCUT2D eigenvalue weighted by molar-refractivity contribution is -0.159. The Labute approximate surface area is 176 Å². The molecule has 158 valence electrons. The summed E-state index contributed by atoms with van der Waals surface area (Å²) in [4.78, 5) is 27.3. The molecule has 0 radical (unpaired) electrons. The molecule has 0 unspecified atom stereocenters. The number of rotatable bonds is 3. The van der Waals surface area contributed by atoms with Crippen LogP contribution in [0.5, 0.6) is 0 Å². The van der Waals surface area contributed by atoms with Gasteiger partial charge in [-0.2, -0.15) is 0 Å². The fourth-order valence-electron chi connectivity index (χ4n) is 4.78. The molecule has 5 heteroatoms. The van der Waals surface area contributed by atoms with Gasteiger partial charge in [0.15, 0.2) is 6.71 Å². The number of esters is 1. The molecule has 0 spiro atoms. The SMILES string of the molecule is CC(C)(C)OC(=O)[C@@H]1CCCN1C(=O)c1ccc(B2CC(C)(C)C(C)(C)C2)cc1. The molecule has 0 aromatic heterocycles. The lowest BCUT2D eigenvalue weighted by atomic mass is 9.42. The molecule has 2 fully saturated rings. The van der Waals surface area contributed by atoms with E-state index in [0.717, 1.165) is 6.42 Å². The molecule has 0 N–H and O–H groups in total. The summed E-state index contributed by atoms with van der Waals surface area (Å²) in [7, 11) is 0. The lowest BCUT2D eigenvalue weighted by Crippen LogP contribution is -2.43. The van der Waals surface area contributed by atoms with Crippen LogP contribution in [-0.4, -0.2) is 41.7 Å². The number of carbonyl (C=O) groups excluding carboxylic acids is 2. The van der Waals surface area contributed by atoms with E-state index in [4.69, 9.17) is 4.74 Å². The summed E-state index contributed by atoms with van der Waals surface area (Å²) in [6.07, 6.45) is 3.84. The third-order valence-corrected chi connectivity index (χ3v) is 7.17. The first-order valence-corrected chi connectivity index (χ1v) is 10.9. The number of carbonyl (C=O) groups is 2. The van der Waals surface area contributed by atoms with Crippen molar-refractivity contribution in [2.45, 2.75) is 85.6 Å². The highest BCUT2D eigenvalue weighted by Gasteiger charge is 2.48. The second kappa shape index (κ2) is 7.48. The largest absolute Gasteiger partial charge is 0.458 e. The van der Waals surface area contributed by atoms with Crippen LogP contribution in [-0.2, 0) is 9.53 Å². The van der Waals surface area contributed by atoms with Gasteiger partial charge in [-0.15, -0.1) is 0 Å². The molecule has 2 heterocycles. The van der Waals surface area contributed by atoms with Gasteiger partial charge in [0.1, 0.15) is 11.6 Å². The monoisotopic (exact) mass is 397 g/mol. The maximum atomic E-state index is 13.1. The van der Waals surface area contributed by atoms with Crippen LogP contribution in [0.1, 0.15) is 71.7 Å². The van der Waals surface area contributed by atoms with E-state index in [2.05, 4.69) is 39.8 Å². The van der Waals surface area contributed by atoms with Crippen LogP contribution in [0.2, 0.25) is 12.6 Å². The molecule has 2 saturated heterocycles. The molecular weight excluding hydrogens is 361 g/mol. The second-order valence-electron chi connectivity index (χ2n) is 11.2. The van der Waals surface area contributed by atoms with E-state index in [1.54, 1.807) is 4.90 Å². The van der Waals surface area contributed by atoms with Gasteiger partial charge in [0.05, 0.1) is 0 Å². The van der Waals surface area contributed by atoms with E-state index in [1.807, 2.05) is 32.9 Å². The van der Waals surface area contributed by atoms with Crippen molar-refractivity contribution >= 4 is 24.1 Å². The van der Waals surface area contributed by atoms with Crippen LogP contribution in [0.3, 0.4) is 0 Å². The molecule has 0 bridgehead atoms. The first-order chi connectivity index (χ1) is 13.3. The van der Waals surface area contributed by atoms with Gasteiger partial charge in [0.25, 0.3) is 5.91 Å². The predicted molar refractivity (Wildman–Crippen MR) is 119 cm³/mol. The van der Waals surface area contributed by atoms with Crippen molar-refractivity contribution in [3.05, 3.63) is 29.8 Å². The summed E-state index contributed by atoms with van der Waals surface area (Å²) in [5.74, 6) is -0.368. The first kappa shape index (κ1) is 21.9. The van der Waals surface area contributed by atoms with E-state index in [1.165, 1.54) is 18.1 Å². The number of likely N-dealkylation sites (tertiary alicyclic amines) is 1. The maximum Gasteiger partial charge on any atom is 0.329 e. The van der Waals surface area contributed by atoms with Gasteiger partial charge >= 0.3 is 5.97 Å². The minimum atomic E-state index is -0.543. The van der Waals surface area contributed by atoms with Gasteiger partial charge < -0.3 is 9.64 Å². The lowest BCUT2D eigenvalue weighted by Gasteiger charge is -2.35. The Morgan fingerprint density at radius 2 is 1.59 bits per heavy atom. The summed E-state index contributed by atoms with van der Waals surface area (Å²) < 4.78 is 5.53. The van der Waals surface area contributed by atoms with Crippen LogP contribution < -0.4 is 5.46 Å². The van der Waals surface area contributed by atoms with Gasteiger partial charge in [0.2, 0.25) is 0 Å². The van der Waals surface area contributed by atoms with Crippen molar-refractivity contribution in [3.8, 4) is 0 Å². The topological polar surface area (TPSA) is 46.6 Å². The molecule has 1 atom stereocenters. The molecule has 3 rings (SSSR count). The van der Waals surface area contributed by atoms with Crippen LogP contribution in [0, 0.1) is 10.8 Å². The number of amides is 1. The van der Waals surface area contributed by atoms with Gasteiger partial charge in [0, 0.05) is 12.1 Å². The number of hydrogen-bond donors (Lipinski definition) is 0. The molecular formula is C24H36BNO3. The van der Waals surface area contributed by atoms with Crippen LogP contribution in [0.4, 0.5) is 0 Å². The summed E-state index contributed by atoms with van der Waals surface area (Å²) in [6, 6.07) is 7.60. The van der Waals surface area contributed by atoms with E-state index in [-0.39, 0.29) is 11.9 Å². The molecule has 2 aliphatic heterocycles. The Morgan fingerprint density at radius 1 is 1.03 bits per heavy atom. The van der Waals surface area contributed by atoms with Gasteiger partial charge in [-0.1, -0.05) is 57.9 Å². The first-order valence-electron chi connectivity index (χ1n) is 10.9. The van der Waals surface area contributed by atoms with Crippen molar-refractivity contribution in [1.82, 2.24) is 4.90 Å². The number of hydrogen-bond acceptors (Lipinski definition) is 3. The summed E-state index contributed by atoms with van der Waals surface area (Å²) in [5.41, 5.74) is 2.04. The van der Waals surface area contributed by atoms with E-state index in [0.29, 0.717) is 36.1 Å². The maximum absolute atomic E-state index is 13.1. The molecule has 29 heavy (non-hydrogen) atoms. The van der Waals surface area contributed by atoms with E-state index < -0.39 is 11.6 Å². The summed E-state index contributed by atoms with van der Waals surface area (Å²) >= 11 is 0. The van der Waals surface area contributed by atoms with E-state index >= 15 is 0 Å². The second-order valence-corrected chi connectivity index (χ2v) is 11.2. The minimum Gasteiger partial charge on any atom is -0.458 e. The average Bonchev–Trinajstić information content (AvgIpc) is 3.16. The van der Waals surface area contributed by atoms with Gasteiger partial charge in [-0.05, 0) is 56.6 Å². The highest BCUT2D eigenvalue weighted by atomic mass is 16.6. The van der Waals surface area contributed by atoms with Crippen molar-refractivity contribution in [2.24, 2.45) is 10.8 Å². The standard InChI is InChI=1S/C24H36BNO3/c1-22(2,3)29-21(28)19-9-8-14-26(19)20(27)17-10-12-18(13-11-17)25-15-23(4,5)24(6,7)16-25/h10-13,19H,8-9,14-16H2,1-7H3/t19-/m0/s1. The zero-order valence-electron chi connectivity index (χ0n) is 19.2. The molecule has 4 nitrogen and oxygen atoms in total. The van der Waals surface area contributed by atoms with Crippen LogP contribution >= 0.6 is 0 Å². The predicted octanol–water partition coefficient (Wildman–Crippen LogP) is 4.40. The van der Waals surface area contributed by atoms with Crippen molar-refractivity contribution in [3.63, 3.8) is 0 Å². The number of benzene rings is 1. The van der Waals surface area contributed by atoms with Crippen LogP contribution in [0.15, 0.2) is 24.3 Å². The smallest absolute Gasteiger partial charge is 0.329 e. The molecule has 2 aliphatic rings. The normalized spacial score (nSPS) is 23.3. The van der Waals surface area contributed by atoms with Gasteiger partial charge in [-0.25, -0.2) is 4.79 Å². The van der Waals surface area contributed by atoms with Crippen molar-refractivity contribution < 1.29 is 14.3 Å². The van der Waals surface area contributed by atoms with Crippen molar-refractivity contribution in [2.75, 3.05) is 6.54 Å². The number of nitrogens with zero attached hydrogens (tertiary/aromatic N) is 1. The quantitative estimate of drug-likeness (QED) is 0.561. The minimum absolute atomic E-state index is 0.0722. The van der Waals surface area contributed by atoms with Gasteiger partial charge in [-0.3, -0.25) is 4.79 Å². The zero-order chi connectivity index (χ0) is 21.6. The molecule has 0 aliphatic carbocycles. The highest BCUT2D eigenvalue weighted by Crippen LogP contribution is 2.52. The highest BCUT2D eigenvalue weighted by molar-refractivity contribution is 6.74. The third kappa shape index (κ3) is 4.54. The fourth-order valence-corrected chi connectivity index (χ4v) is 4.78. The Bertz CT molecular complexity index is 760. The van der Waals surface area contributed by atoms with E-state index in [9.17, 15) is 9.59 Å². The molecule has 1 aromatic carbocycles. The Morgan fingerprint density at radius 3 is 2.10 bits per heavy atom. The van der Waals surface area contributed by atoms with Crippen LogP contribution in [0.25, 0.3) is 0 Å². The Balaban J connectivity index is 1.71. The third-order valence-electron chi connectivity index (χ3n) is 7.17. The molecule has 1 amide bonds. The number of ether oxygens (including phenoxy) is 1. The average molecular weight is 397 g/mol. The van der Waals surface area contributed by atoms with Crippen molar-refractivity contribution in [1.29, 1.82) is 0 Å².